The predicted molar refractivity (Wildman–Crippen MR) is 99.8 cm³/mol. The van der Waals surface area contributed by atoms with Crippen LogP contribution in [0.15, 0.2) is 35.6 Å². The first-order valence-electron chi connectivity index (χ1n) is 8.32. The van der Waals surface area contributed by atoms with Crippen LogP contribution in [0.4, 0.5) is 0 Å². The highest BCUT2D eigenvalue weighted by Gasteiger charge is 2.17. The second-order valence-electron chi connectivity index (χ2n) is 6.76. The Morgan fingerprint density at radius 1 is 1.24 bits per heavy atom. The predicted octanol–water partition coefficient (Wildman–Crippen LogP) is 5.16. The van der Waals surface area contributed by atoms with E-state index in [0.717, 1.165) is 18.6 Å². The molecule has 0 aliphatic heterocycles. The smallest absolute Gasteiger partial charge is 0.342 e. The molecule has 0 aliphatic carbocycles. The fraction of sp³-hybridized carbons (Fsp3) is 0.421. The van der Waals surface area contributed by atoms with Crippen LogP contribution in [0.5, 0.6) is 11.6 Å². The number of aromatic carboxylic acids is 1. The Morgan fingerprint density at radius 2 is 1.92 bits per heavy atom. The third-order valence-electron chi connectivity index (χ3n) is 3.63. The van der Waals surface area contributed by atoms with Crippen LogP contribution < -0.4 is 4.74 Å². The highest BCUT2D eigenvalue weighted by Crippen LogP contribution is 2.28. The fourth-order valence-electron chi connectivity index (χ4n) is 2.09. The maximum atomic E-state index is 11.4. The molecule has 134 valence electrons. The van der Waals surface area contributed by atoms with E-state index in [4.69, 9.17) is 4.74 Å². The molecule has 0 bridgehead atoms. The van der Waals surface area contributed by atoms with Crippen LogP contribution >= 0.6 is 11.8 Å². The topological polar surface area (TPSA) is 72.3 Å². The normalized spacial score (nSPS) is 11.4. The summed E-state index contributed by atoms with van der Waals surface area (Å²) in [7, 11) is 0. The van der Waals surface area contributed by atoms with Crippen LogP contribution in [0.1, 0.15) is 56.5 Å². The molecule has 0 spiro atoms. The van der Waals surface area contributed by atoms with Crippen molar-refractivity contribution in [3.8, 4) is 11.6 Å². The van der Waals surface area contributed by atoms with Gasteiger partial charge in [0, 0.05) is 11.9 Å². The molecular weight excluding hydrogens is 336 g/mol. The standard InChI is InChI=1S/C19H24N2O3S/c1-5-6-11-25-18-20-12-15(17(22)23)16(21-18)24-14-9-7-13(8-10-14)19(2,3)4/h7-10,12H,5-6,11H2,1-4H3,(H,22,23). The minimum Gasteiger partial charge on any atom is -0.477 e. The van der Waals surface area contributed by atoms with Gasteiger partial charge in [-0.2, -0.15) is 4.98 Å². The number of thioether (sulfide) groups is 1. The summed E-state index contributed by atoms with van der Waals surface area (Å²) in [6.45, 7) is 8.52. The number of carbonyl (C=O) groups is 1. The Bertz CT molecular complexity index is 724. The van der Waals surface area contributed by atoms with E-state index in [1.165, 1.54) is 23.5 Å². The van der Waals surface area contributed by atoms with Gasteiger partial charge in [-0.3, -0.25) is 0 Å². The van der Waals surface area contributed by atoms with Crippen molar-refractivity contribution in [3.63, 3.8) is 0 Å². The summed E-state index contributed by atoms with van der Waals surface area (Å²) in [6, 6.07) is 7.62. The lowest BCUT2D eigenvalue weighted by atomic mass is 9.87. The van der Waals surface area contributed by atoms with Crippen molar-refractivity contribution in [1.82, 2.24) is 9.97 Å². The number of hydrogen-bond acceptors (Lipinski definition) is 5. The SMILES string of the molecule is CCCCSc1ncc(C(=O)O)c(Oc2ccc(C(C)(C)C)cc2)n1. The molecule has 0 amide bonds. The van der Waals surface area contributed by atoms with E-state index in [2.05, 4.69) is 37.7 Å². The molecule has 1 heterocycles. The molecule has 0 unspecified atom stereocenters. The Labute approximate surface area is 152 Å². The average Bonchev–Trinajstić information content (AvgIpc) is 2.55. The van der Waals surface area contributed by atoms with Crippen LogP contribution in [-0.4, -0.2) is 26.8 Å². The van der Waals surface area contributed by atoms with Gasteiger partial charge < -0.3 is 9.84 Å². The molecule has 25 heavy (non-hydrogen) atoms. The first-order chi connectivity index (χ1) is 11.8. The lowest BCUT2D eigenvalue weighted by molar-refractivity contribution is 0.0692. The van der Waals surface area contributed by atoms with Crippen molar-refractivity contribution in [3.05, 3.63) is 41.6 Å². The van der Waals surface area contributed by atoms with E-state index < -0.39 is 5.97 Å². The van der Waals surface area contributed by atoms with E-state index >= 15 is 0 Å². The number of ether oxygens (including phenoxy) is 1. The van der Waals surface area contributed by atoms with Crippen molar-refractivity contribution < 1.29 is 14.6 Å². The molecule has 2 aromatic rings. The van der Waals surface area contributed by atoms with Crippen molar-refractivity contribution in [1.29, 1.82) is 0 Å². The quantitative estimate of drug-likeness (QED) is 0.418. The highest BCUT2D eigenvalue weighted by atomic mass is 32.2. The number of unbranched alkanes of at least 4 members (excludes halogenated alkanes) is 1. The monoisotopic (exact) mass is 360 g/mol. The zero-order valence-corrected chi connectivity index (χ0v) is 15.9. The molecule has 0 aliphatic rings. The Balaban J connectivity index is 2.23. The summed E-state index contributed by atoms with van der Waals surface area (Å²) >= 11 is 1.50. The first-order valence-corrected chi connectivity index (χ1v) is 9.31. The van der Waals surface area contributed by atoms with Crippen LogP contribution in [0, 0.1) is 0 Å². The van der Waals surface area contributed by atoms with Gasteiger partial charge in [-0.1, -0.05) is 58.0 Å². The number of carboxylic acid groups (broad SMARTS) is 1. The minimum absolute atomic E-state index is 0.0419. The summed E-state index contributed by atoms with van der Waals surface area (Å²) in [5.74, 6) is 0.415. The van der Waals surface area contributed by atoms with Crippen molar-refractivity contribution in [2.45, 2.75) is 51.1 Å². The molecule has 6 heteroatoms. The van der Waals surface area contributed by atoms with Gasteiger partial charge in [-0.15, -0.1) is 0 Å². The minimum atomic E-state index is -1.11. The second kappa shape index (κ2) is 8.34. The molecule has 5 nitrogen and oxygen atoms in total. The van der Waals surface area contributed by atoms with Crippen LogP contribution in [0.3, 0.4) is 0 Å². The molecule has 0 saturated heterocycles. The van der Waals surface area contributed by atoms with E-state index in [9.17, 15) is 9.90 Å². The number of aromatic nitrogens is 2. The first kappa shape index (κ1) is 19.2. The Hall–Kier alpha value is -2.08. The van der Waals surface area contributed by atoms with Gasteiger partial charge in [-0.25, -0.2) is 9.78 Å². The molecule has 0 radical (unpaired) electrons. The zero-order chi connectivity index (χ0) is 18.4. The molecule has 1 aromatic heterocycles. The van der Waals surface area contributed by atoms with E-state index in [1.54, 1.807) is 0 Å². The van der Waals surface area contributed by atoms with Gasteiger partial charge in [0.15, 0.2) is 5.16 Å². The van der Waals surface area contributed by atoms with Gasteiger partial charge in [0.05, 0.1) is 0 Å². The highest BCUT2D eigenvalue weighted by molar-refractivity contribution is 7.99. The average molecular weight is 360 g/mol. The van der Waals surface area contributed by atoms with E-state index in [1.807, 2.05) is 24.3 Å². The molecule has 1 N–H and O–H groups in total. The molecule has 2 rings (SSSR count). The lowest BCUT2D eigenvalue weighted by Crippen LogP contribution is -2.10. The number of rotatable bonds is 7. The zero-order valence-electron chi connectivity index (χ0n) is 15.1. The van der Waals surface area contributed by atoms with Gasteiger partial charge in [0.2, 0.25) is 5.88 Å². The van der Waals surface area contributed by atoms with Gasteiger partial charge in [-0.05, 0) is 29.5 Å². The molecule has 0 atom stereocenters. The van der Waals surface area contributed by atoms with Crippen LogP contribution in [0.25, 0.3) is 0 Å². The van der Waals surface area contributed by atoms with E-state index in [0.29, 0.717) is 10.9 Å². The number of carboxylic acids is 1. The number of benzene rings is 1. The molecule has 0 saturated carbocycles. The molecule has 1 aromatic carbocycles. The third-order valence-corrected chi connectivity index (χ3v) is 4.57. The Morgan fingerprint density at radius 3 is 2.48 bits per heavy atom. The summed E-state index contributed by atoms with van der Waals surface area (Å²) < 4.78 is 5.74. The number of nitrogens with zero attached hydrogens (tertiary/aromatic N) is 2. The van der Waals surface area contributed by atoms with Crippen LogP contribution in [0.2, 0.25) is 0 Å². The summed E-state index contributed by atoms with van der Waals surface area (Å²) in [5.41, 5.74) is 1.18. The van der Waals surface area contributed by atoms with Crippen molar-refractivity contribution in [2.24, 2.45) is 0 Å². The summed E-state index contributed by atoms with van der Waals surface area (Å²) in [4.78, 5) is 19.8. The van der Waals surface area contributed by atoms with Crippen molar-refractivity contribution in [2.75, 3.05) is 5.75 Å². The molecule has 0 fully saturated rings. The number of hydrogen-bond donors (Lipinski definition) is 1. The lowest BCUT2D eigenvalue weighted by Gasteiger charge is -2.19. The summed E-state index contributed by atoms with van der Waals surface area (Å²) in [6.07, 6.45) is 3.45. The third kappa shape index (κ3) is 5.46. The van der Waals surface area contributed by atoms with Gasteiger partial charge in [0.1, 0.15) is 11.3 Å². The van der Waals surface area contributed by atoms with Crippen LogP contribution in [-0.2, 0) is 5.41 Å². The van der Waals surface area contributed by atoms with Gasteiger partial charge >= 0.3 is 5.97 Å². The van der Waals surface area contributed by atoms with Crippen molar-refractivity contribution >= 4 is 17.7 Å². The van der Waals surface area contributed by atoms with E-state index in [-0.39, 0.29) is 16.9 Å². The maximum absolute atomic E-state index is 11.4. The second-order valence-corrected chi connectivity index (χ2v) is 7.82. The molecular formula is C19H24N2O3S. The Kier molecular flexibility index (Phi) is 6.42. The maximum Gasteiger partial charge on any atom is 0.342 e. The summed E-state index contributed by atoms with van der Waals surface area (Å²) in [5, 5.41) is 9.86. The fourth-order valence-corrected chi connectivity index (χ4v) is 2.98. The largest absolute Gasteiger partial charge is 0.477 e. The van der Waals surface area contributed by atoms with Gasteiger partial charge in [0.25, 0.3) is 0 Å².